The first kappa shape index (κ1) is 17.0. The highest BCUT2D eigenvalue weighted by molar-refractivity contribution is 9.14. The van der Waals surface area contributed by atoms with Crippen LogP contribution >= 0.6 is 63.7 Å². The second-order valence-corrected chi connectivity index (χ2v) is 7.35. The van der Waals surface area contributed by atoms with Gasteiger partial charge < -0.3 is 4.74 Å². The molecule has 0 aromatic heterocycles. The molecule has 1 aromatic carbocycles. The minimum absolute atomic E-state index is 0.759. The number of halogens is 4. The Balaban J connectivity index is 2.50. The average molecular weight is 508 g/mol. The fourth-order valence-electron chi connectivity index (χ4n) is 1.56. The van der Waals surface area contributed by atoms with Gasteiger partial charge >= 0.3 is 0 Å². The number of unbranched alkanes of at least 4 members (excludes halogenated alkanes) is 4. The molecule has 0 heterocycles. The van der Waals surface area contributed by atoms with E-state index in [1.165, 1.54) is 25.7 Å². The van der Waals surface area contributed by atoms with Crippen LogP contribution in [0.5, 0.6) is 5.75 Å². The molecule has 0 amide bonds. The third kappa shape index (κ3) is 5.14. The highest BCUT2D eigenvalue weighted by Crippen LogP contribution is 2.43. The lowest BCUT2D eigenvalue weighted by molar-refractivity contribution is 0.300. The summed E-state index contributed by atoms with van der Waals surface area (Å²) in [4.78, 5) is 0. The normalized spacial score (nSPS) is 10.7. The SMILES string of the molecule is CCCCCCCOc1c(Br)cc(Br)c(Br)c1Br. The summed E-state index contributed by atoms with van der Waals surface area (Å²) in [6, 6.07) is 1.99. The van der Waals surface area contributed by atoms with E-state index < -0.39 is 0 Å². The van der Waals surface area contributed by atoms with Crippen molar-refractivity contribution in [2.24, 2.45) is 0 Å². The Morgan fingerprint density at radius 1 is 0.889 bits per heavy atom. The predicted octanol–water partition coefficient (Wildman–Crippen LogP) is 7.09. The largest absolute Gasteiger partial charge is 0.491 e. The van der Waals surface area contributed by atoms with Crippen molar-refractivity contribution >= 4 is 63.7 Å². The summed E-state index contributed by atoms with van der Waals surface area (Å²) in [7, 11) is 0. The molecule has 1 nitrogen and oxygen atoms in total. The molecule has 102 valence electrons. The van der Waals surface area contributed by atoms with Crippen LogP contribution in [-0.2, 0) is 0 Å². The fourth-order valence-corrected chi connectivity index (χ4v) is 4.21. The van der Waals surface area contributed by atoms with Gasteiger partial charge in [-0.05, 0) is 76.2 Å². The van der Waals surface area contributed by atoms with Gasteiger partial charge in [0, 0.05) is 8.95 Å². The van der Waals surface area contributed by atoms with Gasteiger partial charge in [0.15, 0.2) is 0 Å². The third-order valence-electron chi connectivity index (χ3n) is 2.57. The van der Waals surface area contributed by atoms with E-state index in [9.17, 15) is 0 Å². The maximum absolute atomic E-state index is 5.84. The molecule has 0 aliphatic carbocycles. The Hall–Kier alpha value is 0.940. The molecule has 0 radical (unpaired) electrons. The Morgan fingerprint density at radius 2 is 1.56 bits per heavy atom. The molecule has 1 rings (SSSR count). The first-order valence-corrected chi connectivity index (χ1v) is 9.21. The lowest BCUT2D eigenvalue weighted by Gasteiger charge is -2.12. The van der Waals surface area contributed by atoms with Crippen molar-refractivity contribution in [2.45, 2.75) is 39.0 Å². The van der Waals surface area contributed by atoms with E-state index >= 15 is 0 Å². The zero-order chi connectivity index (χ0) is 13.5. The molecule has 0 N–H and O–H groups in total. The molecule has 0 atom stereocenters. The molecule has 0 spiro atoms. The minimum Gasteiger partial charge on any atom is -0.491 e. The van der Waals surface area contributed by atoms with Crippen LogP contribution in [0.1, 0.15) is 39.0 Å². The van der Waals surface area contributed by atoms with E-state index in [-0.39, 0.29) is 0 Å². The smallest absolute Gasteiger partial charge is 0.148 e. The molecule has 0 saturated carbocycles. The van der Waals surface area contributed by atoms with Gasteiger partial charge in [-0.25, -0.2) is 0 Å². The molecule has 0 bridgehead atoms. The number of rotatable bonds is 7. The van der Waals surface area contributed by atoms with Crippen molar-refractivity contribution in [3.05, 3.63) is 24.0 Å². The molecule has 0 fully saturated rings. The topological polar surface area (TPSA) is 9.23 Å². The van der Waals surface area contributed by atoms with Crippen molar-refractivity contribution in [1.82, 2.24) is 0 Å². The van der Waals surface area contributed by atoms with Crippen LogP contribution in [-0.4, -0.2) is 6.61 Å². The van der Waals surface area contributed by atoms with Crippen molar-refractivity contribution < 1.29 is 4.74 Å². The summed E-state index contributed by atoms with van der Waals surface area (Å²) in [6.07, 6.45) is 6.23. The quantitative estimate of drug-likeness (QED) is 0.217. The Morgan fingerprint density at radius 3 is 2.22 bits per heavy atom. The van der Waals surface area contributed by atoms with Gasteiger partial charge in [0.25, 0.3) is 0 Å². The van der Waals surface area contributed by atoms with Crippen LogP contribution in [0.3, 0.4) is 0 Å². The molecule has 0 aliphatic rings. The van der Waals surface area contributed by atoms with E-state index in [2.05, 4.69) is 70.6 Å². The highest BCUT2D eigenvalue weighted by Gasteiger charge is 2.13. The van der Waals surface area contributed by atoms with E-state index in [0.29, 0.717) is 0 Å². The van der Waals surface area contributed by atoms with Crippen LogP contribution in [0.2, 0.25) is 0 Å². The van der Waals surface area contributed by atoms with Crippen LogP contribution in [0.15, 0.2) is 24.0 Å². The monoisotopic (exact) mass is 504 g/mol. The van der Waals surface area contributed by atoms with Crippen molar-refractivity contribution in [3.8, 4) is 5.75 Å². The number of benzene rings is 1. The molecule has 18 heavy (non-hydrogen) atoms. The van der Waals surface area contributed by atoms with Gasteiger partial charge in [0.1, 0.15) is 5.75 Å². The Labute approximate surface area is 143 Å². The number of hydrogen-bond acceptors (Lipinski definition) is 1. The van der Waals surface area contributed by atoms with Gasteiger partial charge in [0.05, 0.1) is 15.6 Å². The van der Waals surface area contributed by atoms with Crippen LogP contribution < -0.4 is 4.74 Å². The van der Waals surface area contributed by atoms with Crippen molar-refractivity contribution in [1.29, 1.82) is 0 Å². The Kier molecular flexibility index (Phi) is 8.48. The lowest BCUT2D eigenvalue weighted by atomic mass is 10.2. The Bertz CT molecular complexity index is 393. The van der Waals surface area contributed by atoms with Gasteiger partial charge in [-0.2, -0.15) is 0 Å². The molecule has 5 heteroatoms. The van der Waals surface area contributed by atoms with Crippen LogP contribution in [0.4, 0.5) is 0 Å². The van der Waals surface area contributed by atoms with Crippen molar-refractivity contribution in [2.75, 3.05) is 6.61 Å². The predicted molar refractivity (Wildman–Crippen MR) is 91.5 cm³/mol. The summed E-state index contributed by atoms with van der Waals surface area (Å²) < 4.78 is 9.71. The summed E-state index contributed by atoms with van der Waals surface area (Å²) in [5, 5.41) is 0. The fraction of sp³-hybridized carbons (Fsp3) is 0.538. The second kappa shape index (κ2) is 8.98. The molecular formula is C13H16Br4O. The van der Waals surface area contributed by atoms with Crippen LogP contribution in [0, 0.1) is 0 Å². The first-order chi connectivity index (χ1) is 8.57. The lowest BCUT2D eigenvalue weighted by Crippen LogP contribution is -1.99. The summed E-state index contributed by atoms with van der Waals surface area (Å²) in [5.74, 6) is 0.862. The van der Waals surface area contributed by atoms with Gasteiger partial charge in [-0.1, -0.05) is 32.6 Å². The van der Waals surface area contributed by atoms with E-state index in [4.69, 9.17) is 4.74 Å². The second-order valence-electron chi connectivity index (χ2n) is 4.06. The summed E-state index contributed by atoms with van der Waals surface area (Å²) >= 11 is 14.1. The van der Waals surface area contributed by atoms with Gasteiger partial charge in [-0.15, -0.1) is 0 Å². The highest BCUT2D eigenvalue weighted by atomic mass is 79.9. The summed E-state index contributed by atoms with van der Waals surface area (Å²) in [6.45, 7) is 2.99. The summed E-state index contributed by atoms with van der Waals surface area (Å²) in [5.41, 5.74) is 0. The minimum atomic E-state index is 0.759. The van der Waals surface area contributed by atoms with Gasteiger partial charge in [-0.3, -0.25) is 0 Å². The van der Waals surface area contributed by atoms with Gasteiger partial charge in [0.2, 0.25) is 0 Å². The zero-order valence-electron chi connectivity index (χ0n) is 10.2. The zero-order valence-corrected chi connectivity index (χ0v) is 16.6. The number of hydrogen-bond donors (Lipinski definition) is 0. The maximum atomic E-state index is 5.84. The third-order valence-corrected chi connectivity index (χ3v) is 6.43. The molecule has 0 aliphatic heterocycles. The van der Waals surface area contributed by atoms with Crippen molar-refractivity contribution in [3.63, 3.8) is 0 Å². The number of ether oxygens (including phenoxy) is 1. The molecule has 0 saturated heterocycles. The van der Waals surface area contributed by atoms with E-state index in [0.717, 1.165) is 36.7 Å². The van der Waals surface area contributed by atoms with E-state index in [1.54, 1.807) is 0 Å². The maximum Gasteiger partial charge on any atom is 0.148 e. The standard InChI is InChI=1S/C13H16Br4O/c1-2-3-4-5-6-7-18-13-10(15)8-9(14)11(16)12(13)17/h8H,2-7H2,1H3. The first-order valence-electron chi connectivity index (χ1n) is 6.03. The average Bonchev–Trinajstić information content (AvgIpc) is 2.34. The molecule has 1 aromatic rings. The molecular weight excluding hydrogens is 492 g/mol. The van der Waals surface area contributed by atoms with Crippen LogP contribution in [0.25, 0.3) is 0 Å². The van der Waals surface area contributed by atoms with E-state index in [1.807, 2.05) is 6.07 Å². The molecule has 0 unspecified atom stereocenters.